The van der Waals surface area contributed by atoms with Crippen LogP contribution in [0.1, 0.15) is 44.6 Å². The fourth-order valence-electron chi connectivity index (χ4n) is 3.57. The van der Waals surface area contributed by atoms with Crippen molar-refractivity contribution in [3.05, 3.63) is 29.8 Å². The van der Waals surface area contributed by atoms with Gasteiger partial charge in [-0.1, -0.05) is 25.5 Å². The lowest BCUT2D eigenvalue weighted by molar-refractivity contribution is -0.122. The minimum atomic E-state index is 0.162. The average molecular weight is 342 g/mol. The van der Waals surface area contributed by atoms with Gasteiger partial charge in [-0.3, -0.25) is 9.79 Å². The molecule has 0 bridgehead atoms. The Kier molecular flexibility index (Phi) is 5.95. The summed E-state index contributed by atoms with van der Waals surface area (Å²) in [5, 5.41) is 6.51. The largest absolute Gasteiger partial charge is 0.352 e. The molecule has 1 amide bonds. The van der Waals surface area contributed by atoms with Gasteiger partial charge in [-0.05, 0) is 49.3 Å². The summed E-state index contributed by atoms with van der Waals surface area (Å²) in [6.45, 7) is 5.15. The van der Waals surface area contributed by atoms with Gasteiger partial charge in [0.2, 0.25) is 5.91 Å². The number of carbonyl (C=O) groups excluding carboxylic acids is 1. The Labute approximate surface area is 150 Å². The molecule has 0 radical (unpaired) electrons. The second-order valence-corrected chi connectivity index (χ2v) is 7.41. The molecule has 1 aromatic rings. The maximum atomic E-state index is 12.1. The number of hydrogen-bond acceptors (Lipinski definition) is 2. The zero-order valence-electron chi connectivity index (χ0n) is 15.4. The van der Waals surface area contributed by atoms with Gasteiger partial charge in [0.15, 0.2) is 5.96 Å². The third kappa shape index (κ3) is 4.74. The van der Waals surface area contributed by atoms with Crippen molar-refractivity contribution in [1.29, 1.82) is 0 Å². The molecule has 1 aromatic carbocycles. The first-order valence-corrected chi connectivity index (χ1v) is 9.51. The zero-order chi connectivity index (χ0) is 17.6. The molecule has 2 aliphatic rings. The number of anilines is 1. The van der Waals surface area contributed by atoms with Crippen LogP contribution < -0.4 is 10.6 Å². The molecule has 1 aliphatic heterocycles. The highest BCUT2D eigenvalue weighted by Crippen LogP contribution is 2.27. The highest BCUT2D eigenvalue weighted by atomic mass is 16.1. The summed E-state index contributed by atoms with van der Waals surface area (Å²) < 4.78 is 0. The van der Waals surface area contributed by atoms with E-state index in [2.05, 4.69) is 39.6 Å². The number of benzene rings is 1. The van der Waals surface area contributed by atoms with Crippen molar-refractivity contribution in [3.63, 3.8) is 0 Å². The molecular weight excluding hydrogens is 312 g/mol. The van der Waals surface area contributed by atoms with E-state index in [1.807, 2.05) is 19.2 Å². The molecule has 2 fully saturated rings. The van der Waals surface area contributed by atoms with Crippen molar-refractivity contribution < 1.29 is 4.79 Å². The topological polar surface area (TPSA) is 56.7 Å². The quantitative estimate of drug-likeness (QED) is 0.652. The van der Waals surface area contributed by atoms with E-state index >= 15 is 0 Å². The van der Waals surface area contributed by atoms with Gasteiger partial charge >= 0.3 is 0 Å². The monoisotopic (exact) mass is 342 g/mol. The number of piperidine rings is 1. The second-order valence-electron chi connectivity index (χ2n) is 7.41. The van der Waals surface area contributed by atoms with Gasteiger partial charge in [-0.25, -0.2) is 0 Å². The van der Waals surface area contributed by atoms with Crippen molar-refractivity contribution in [1.82, 2.24) is 10.2 Å². The van der Waals surface area contributed by atoms with Crippen LogP contribution in [0.25, 0.3) is 0 Å². The number of nitrogens with one attached hydrogen (secondary N) is 2. The van der Waals surface area contributed by atoms with Crippen LogP contribution >= 0.6 is 0 Å². The third-order valence-electron chi connectivity index (χ3n) is 5.29. The predicted octanol–water partition coefficient (Wildman–Crippen LogP) is 3.23. The minimum absolute atomic E-state index is 0.162. The first-order chi connectivity index (χ1) is 12.2. The van der Waals surface area contributed by atoms with Crippen LogP contribution in [0.15, 0.2) is 29.3 Å². The number of nitrogens with zero attached hydrogens (tertiary/aromatic N) is 2. The summed E-state index contributed by atoms with van der Waals surface area (Å²) in [5.41, 5.74) is 2.04. The van der Waals surface area contributed by atoms with Gasteiger partial charge in [0.25, 0.3) is 0 Å². The molecule has 3 rings (SSSR count). The molecule has 1 saturated carbocycles. The number of aliphatic imine (C=N–C) groups is 1. The number of rotatable bonds is 4. The minimum Gasteiger partial charge on any atom is -0.352 e. The Hall–Kier alpha value is -2.04. The van der Waals surface area contributed by atoms with Gasteiger partial charge in [0.05, 0.1) is 0 Å². The molecule has 25 heavy (non-hydrogen) atoms. The molecule has 2 N–H and O–H groups in total. The maximum Gasteiger partial charge on any atom is 0.227 e. The summed E-state index contributed by atoms with van der Waals surface area (Å²) in [4.78, 5) is 18.9. The molecular formula is C20H30N4O. The normalized spacial score (nSPS) is 21.6. The van der Waals surface area contributed by atoms with Gasteiger partial charge in [-0.15, -0.1) is 0 Å². The van der Waals surface area contributed by atoms with Crippen LogP contribution in [0.5, 0.6) is 0 Å². The van der Waals surface area contributed by atoms with Crippen LogP contribution in [0.4, 0.5) is 5.69 Å². The number of likely N-dealkylation sites (tertiary alicyclic amines) is 1. The van der Waals surface area contributed by atoms with Crippen molar-refractivity contribution in [3.8, 4) is 0 Å². The number of carbonyl (C=O) groups is 1. The van der Waals surface area contributed by atoms with E-state index in [1.54, 1.807) is 0 Å². The van der Waals surface area contributed by atoms with E-state index in [-0.39, 0.29) is 11.8 Å². The highest BCUT2D eigenvalue weighted by Gasteiger charge is 2.25. The van der Waals surface area contributed by atoms with Crippen molar-refractivity contribution in [2.45, 2.75) is 45.6 Å². The van der Waals surface area contributed by atoms with Crippen LogP contribution in [0, 0.1) is 11.8 Å². The van der Waals surface area contributed by atoms with E-state index in [9.17, 15) is 4.79 Å². The molecule has 1 aliphatic carbocycles. The summed E-state index contributed by atoms with van der Waals surface area (Å²) >= 11 is 0. The van der Waals surface area contributed by atoms with Crippen LogP contribution in [0.3, 0.4) is 0 Å². The summed E-state index contributed by atoms with van der Waals surface area (Å²) in [5.74, 6) is 2.06. The lowest BCUT2D eigenvalue weighted by Gasteiger charge is -2.33. The number of guanidine groups is 1. The lowest BCUT2D eigenvalue weighted by atomic mass is 9.85. The number of amides is 1. The molecule has 1 saturated heterocycles. The predicted molar refractivity (Wildman–Crippen MR) is 103 cm³/mol. The smallest absolute Gasteiger partial charge is 0.227 e. The third-order valence-corrected chi connectivity index (χ3v) is 5.29. The van der Waals surface area contributed by atoms with Crippen LogP contribution in [-0.2, 0) is 11.3 Å². The van der Waals surface area contributed by atoms with Crippen molar-refractivity contribution >= 4 is 17.6 Å². The first-order valence-electron chi connectivity index (χ1n) is 9.51. The molecule has 0 spiro atoms. The summed E-state index contributed by atoms with van der Waals surface area (Å²) in [6.07, 6.45) is 5.76. The van der Waals surface area contributed by atoms with E-state index in [1.165, 1.54) is 19.3 Å². The fraction of sp³-hybridized carbons (Fsp3) is 0.600. The van der Waals surface area contributed by atoms with Gasteiger partial charge in [-0.2, -0.15) is 0 Å². The number of hydrogen-bond donors (Lipinski definition) is 2. The zero-order valence-corrected chi connectivity index (χ0v) is 15.4. The van der Waals surface area contributed by atoms with Gasteiger partial charge < -0.3 is 15.5 Å². The lowest BCUT2D eigenvalue weighted by Crippen LogP contribution is -2.45. The molecule has 5 nitrogen and oxygen atoms in total. The highest BCUT2D eigenvalue weighted by molar-refractivity contribution is 5.93. The van der Waals surface area contributed by atoms with Crippen LogP contribution in [-0.4, -0.2) is 36.9 Å². The maximum absolute atomic E-state index is 12.1. The van der Waals surface area contributed by atoms with E-state index in [0.717, 1.165) is 49.1 Å². The van der Waals surface area contributed by atoms with E-state index in [4.69, 9.17) is 0 Å². The summed E-state index contributed by atoms with van der Waals surface area (Å²) in [6, 6.07) is 8.09. The Balaban J connectivity index is 1.55. The Morgan fingerprint density at radius 2 is 2.12 bits per heavy atom. The van der Waals surface area contributed by atoms with Gasteiger partial charge in [0, 0.05) is 38.3 Å². The molecule has 0 aromatic heterocycles. The second kappa shape index (κ2) is 8.37. The molecule has 5 heteroatoms. The standard InChI is InChI=1S/C20H30N4O/c1-15-6-5-11-24(14-15)20(21-2)22-13-16-7-3-10-18(12-16)23-19(25)17-8-4-9-17/h3,7,10,12,15,17H,4-6,8-9,11,13-14H2,1-2H3,(H,21,22)(H,23,25). The SMILES string of the molecule is CN=C(NCc1cccc(NC(=O)C2CCC2)c1)N1CCCC(C)C1. The fourth-order valence-corrected chi connectivity index (χ4v) is 3.57. The van der Waals surface area contributed by atoms with E-state index in [0.29, 0.717) is 6.54 Å². The van der Waals surface area contributed by atoms with Crippen LogP contribution in [0.2, 0.25) is 0 Å². The molecule has 1 heterocycles. The Morgan fingerprint density at radius 3 is 2.80 bits per heavy atom. The van der Waals surface area contributed by atoms with Crippen molar-refractivity contribution in [2.75, 3.05) is 25.5 Å². The Morgan fingerprint density at radius 1 is 1.28 bits per heavy atom. The molecule has 1 atom stereocenters. The Bertz CT molecular complexity index is 624. The van der Waals surface area contributed by atoms with E-state index < -0.39 is 0 Å². The average Bonchev–Trinajstić information content (AvgIpc) is 2.54. The van der Waals surface area contributed by atoms with Crippen molar-refractivity contribution in [2.24, 2.45) is 16.8 Å². The summed E-state index contributed by atoms with van der Waals surface area (Å²) in [7, 11) is 1.84. The van der Waals surface area contributed by atoms with Gasteiger partial charge in [0.1, 0.15) is 0 Å². The molecule has 136 valence electrons. The molecule has 1 unspecified atom stereocenters. The first kappa shape index (κ1) is 17.8.